The van der Waals surface area contributed by atoms with Gasteiger partial charge in [0.05, 0.1) is 36.9 Å². The highest BCUT2D eigenvalue weighted by molar-refractivity contribution is 6.74. The number of carbonyl (C=O) groups excluding carboxylic acids is 1. The van der Waals surface area contributed by atoms with E-state index >= 15 is 0 Å². The summed E-state index contributed by atoms with van der Waals surface area (Å²) in [5.41, 5.74) is 17.0. The molecule has 1 saturated heterocycles. The molecule has 5 aromatic rings. The molecule has 2 atom stereocenters. The van der Waals surface area contributed by atoms with Crippen LogP contribution in [0.1, 0.15) is 238 Å². The van der Waals surface area contributed by atoms with Crippen LogP contribution < -0.4 is 5.46 Å². The van der Waals surface area contributed by atoms with Crippen LogP contribution in [0.4, 0.5) is 0 Å². The van der Waals surface area contributed by atoms with Gasteiger partial charge in [0.1, 0.15) is 0 Å². The number of carbonyl (C=O) groups is 1. The van der Waals surface area contributed by atoms with Crippen molar-refractivity contribution >= 4 is 46.8 Å². The van der Waals surface area contributed by atoms with Crippen molar-refractivity contribution in [2.75, 3.05) is 7.11 Å². The Balaban J connectivity index is 0.000000325. The monoisotopic (exact) mass is 1270 g/mol. The summed E-state index contributed by atoms with van der Waals surface area (Å²) in [4.78, 5) is 11.8. The standard InChI is InChI=1S/C41H59ClO3Si.C38H63BO3Si/c1-14-41(15-2,34-21-22-35(29(4)25-34)31-16-17-32(36(42)26-31)27-38(43)44-11)33-20-18-30(28(3)24-33)19-23-37(39(5,6)7)45-46(12,13)40(8,9)10;1-17-38(18-2,31-22-23-32(28(4)26-31)39-41-36(11,12)37(13,14)42-39)30-21-19-29(27(3)25-30)20-24-33(34(5,6)7)40-43(15,16)35(8,9)10/h16-18,20-22,24-26,37H,14-15,19,23,27H2,1-13H3;19,21-23,25-26,33H,17-18,20,24H2,1-16H3. The van der Waals surface area contributed by atoms with Crippen LogP contribution >= 0.6 is 11.6 Å². The first-order valence-electron chi connectivity index (χ1n) is 33.8. The third kappa shape index (κ3) is 17.5. The fourth-order valence-corrected chi connectivity index (χ4v) is 15.9. The molecule has 0 N–H and O–H groups in total. The van der Waals surface area contributed by atoms with Gasteiger partial charge in [-0.1, -0.05) is 213 Å². The number of rotatable bonds is 22. The van der Waals surface area contributed by atoms with Gasteiger partial charge in [-0.25, -0.2) is 0 Å². The number of halogens is 1. The van der Waals surface area contributed by atoms with E-state index in [0.29, 0.717) is 5.02 Å². The van der Waals surface area contributed by atoms with E-state index in [-0.39, 0.29) is 74.7 Å². The summed E-state index contributed by atoms with van der Waals surface area (Å²) in [5.74, 6) is -0.293. The molecule has 0 radical (unpaired) electrons. The third-order valence-electron chi connectivity index (χ3n) is 22.0. The van der Waals surface area contributed by atoms with Crippen LogP contribution in [-0.2, 0) is 57.8 Å². The number of methoxy groups -OCH3 is 1. The van der Waals surface area contributed by atoms with E-state index in [4.69, 9.17) is 34.5 Å². The zero-order chi connectivity index (χ0) is 67.5. The maximum Gasteiger partial charge on any atom is 0.495 e. The van der Waals surface area contributed by atoms with Gasteiger partial charge in [0.15, 0.2) is 16.6 Å². The van der Waals surface area contributed by atoms with E-state index in [9.17, 15) is 4.79 Å². The van der Waals surface area contributed by atoms with Gasteiger partial charge in [0, 0.05) is 15.9 Å². The summed E-state index contributed by atoms with van der Waals surface area (Å²) in [5, 5.41) is 0.981. The first kappa shape index (κ1) is 75.9. The molecule has 0 amide bonds. The molecule has 1 aliphatic heterocycles. The van der Waals surface area contributed by atoms with E-state index in [1.165, 1.54) is 62.7 Å². The van der Waals surface area contributed by atoms with Crippen molar-refractivity contribution in [3.05, 3.63) is 157 Å². The lowest BCUT2D eigenvalue weighted by molar-refractivity contribution is -0.139. The quantitative estimate of drug-likeness (QED) is 0.0508. The van der Waals surface area contributed by atoms with E-state index < -0.39 is 16.6 Å². The van der Waals surface area contributed by atoms with Crippen molar-refractivity contribution in [1.29, 1.82) is 0 Å². The maximum absolute atomic E-state index is 11.8. The predicted octanol–water partition coefficient (Wildman–Crippen LogP) is 21.9. The van der Waals surface area contributed by atoms with Gasteiger partial charge in [0.2, 0.25) is 0 Å². The number of hydrogen-bond donors (Lipinski definition) is 0. The second-order valence-corrected chi connectivity index (χ2v) is 42.6. The molecule has 5 aromatic carbocycles. The van der Waals surface area contributed by atoms with Crippen LogP contribution in [0.5, 0.6) is 0 Å². The smallest absolute Gasteiger partial charge is 0.469 e. The first-order chi connectivity index (χ1) is 40.8. The van der Waals surface area contributed by atoms with Crippen LogP contribution in [0.2, 0.25) is 41.3 Å². The molecule has 492 valence electrons. The van der Waals surface area contributed by atoms with Gasteiger partial charge in [-0.3, -0.25) is 4.79 Å². The van der Waals surface area contributed by atoms with Gasteiger partial charge >= 0.3 is 13.1 Å². The van der Waals surface area contributed by atoms with E-state index in [1.54, 1.807) is 0 Å². The Labute approximate surface area is 551 Å². The Kier molecular flexibility index (Phi) is 24.6. The van der Waals surface area contributed by atoms with Crippen molar-refractivity contribution in [1.82, 2.24) is 0 Å². The summed E-state index contributed by atoms with van der Waals surface area (Å²) < 4.78 is 31.6. The summed E-state index contributed by atoms with van der Waals surface area (Å²) in [6, 6.07) is 34.2. The van der Waals surface area contributed by atoms with Crippen molar-refractivity contribution in [2.45, 2.75) is 294 Å². The topological polar surface area (TPSA) is 63.2 Å². The molecule has 0 aliphatic carbocycles. The highest BCUT2D eigenvalue weighted by Crippen LogP contribution is 2.46. The Bertz CT molecular complexity index is 3180. The normalized spacial score (nSPS) is 15.8. The molecule has 0 spiro atoms. The lowest BCUT2D eigenvalue weighted by Crippen LogP contribution is -2.47. The van der Waals surface area contributed by atoms with Crippen LogP contribution in [0.25, 0.3) is 11.1 Å². The fraction of sp³-hybridized carbons (Fsp3) is 0.608. The minimum Gasteiger partial charge on any atom is -0.469 e. The minimum absolute atomic E-state index is 0.0398. The zero-order valence-electron chi connectivity index (χ0n) is 61.6. The van der Waals surface area contributed by atoms with Crippen LogP contribution in [-0.4, -0.2) is 60.2 Å². The molecule has 1 heterocycles. The Morgan fingerprint density at radius 1 is 0.517 bits per heavy atom. The molecular weight excluding hydrogens is 1150 g/mol. The predicted molar refractivity (Wildman–Crippen MR) is 389 cm³/mol. The summed E-state index contributed by atoms with van der Waals surface area (Å²) in [6.07, 6.45) is 8.88. The molecule has 6 nitrogen and oxygen atoms in total. The third-order valence-corrected chi connectivity index (χ3v) is 31.3. The van der Waals surface area contributed by atoms with Gasteiger partial charge < -0.3 is 22.9 Å². The maximum atomic E-state index is 11.8. The summed E-state index contributed by atoms with van der Waals surface area (Å²) in [7, 11) is -2.68. The van der Waals surface area contributed by atoms with E-state index in [0.717, 1.165) is 73.5 Å². The lowest BCUT2D eigenvalue weighted by atomic mass is 9.67. The number of esters is 1. The first-order valence-corrected chi connectivity index (χ1v) is 40.0. The zero-order valence-corrected chi connectivity index (χ0v) is 64.3. The second kappa shape index (κ2) is 28.8. The highest BCUT2D eigenvalue weighted by Gasteiger charge is 2.52. The molecular formula is C79H122BClO6Si2. The Morgan fingerprint density at radius 2 is 0.876 bits per heavy atom. The Morgan fingerprint density at radius 3 is 1.20 bits per heavy atom. The molecule has 2 unspecified atom stereocenters. The number of benzene rings is 5. The molecule has 0 aromatic heterocycles. The van der Waals surface area contributed by atoms with Crippen LogP contribution in [0.15, 0.2) is 91.0 Å². The second-order valence-electron chi connectivity index (χ2n) is 32.7. The SMILES string of the molecule is CCC(CC)(c1ccc(CCC(O[Si](C)(C)C(C)(C)C)C(C)(C)C)c(C)c1)c1ccc(-c2ccc(CC(=O)OC)c(Cl)c2)c(C)c1.CCC(CC)(c1ccc(CCC(O[Si](C)(C)C(C)(C)C)C(C)(C)C)c(C)c1)c1ccc(B2OC(C)(C)C(C)(C)O2)c(C)c1. The average Bonchev–Trinajstić information content (AvgIpc) is 1.87. The summed E-state index contributed by atoms with van der Waals surface area (Å²) in [6.45, 7) is 64.1. The van der Waals surface area contributed by atoms with E-state index in [2.05, 4.69) is 265 Å². The van der Waals surface area contributed by atoms with E-state index in [1.807, 2.05) is 18.2 Å². The highest BCUT2D eigenvalue weighted by atomic mass is 35.5. The molecule has 1 aliphatic rings. The fourth-order valence-electron chi connectivity index (χ4n) is 12.6. The molecule has 6 rings (SSSR count). The van der Waals surface area contributed by atoms with Crippen molar-refractivity contribution in [3.8, 4) is 11.1 Å². The molecule has 0 saturated carbocycles. The molecule has 0 bridgehead atoms. The minimum atomic E-state index is -1.88. The van der Waals surface area contributed by atoms with Crippen molar-refractivity contribution in [2.24, 2.45) is 10.8 Å². The molecule has 89 heavy (non-hydrogen) atoms. The van der Waals surface area contributed by atoms with Gasteiger partial charge in [0.25, 0.3) is 0 Å². The number of ether oxygens (including phenoxy) is 1. The van der Waals surface area contributed by atoms with Gasteiger partial charge in [-0.05, 0) is 232 Å². The number of hydrogen-bond acceptors (Lipinski definition) is 6. The van der Waals surface area contributed by atoms with Gasteiger partial charge in [-0.15, -0.1) is 0 Å². The summed E-state index contributed by atoms with van der Waals surface area (Å²) >= 11 is 6.58. The van der Waals surface area contributed by atoms with Crippen molar-refractivity contribution in [3.63, 3.8) is 0 Å². The molecule has 1 fully saturated rings. The Hall–Kier alpha value is -3.80. The average molecular weight is 1270 g/mol. The van der Waals surface area contributed by atoms with Crippen molar-refractivity contribution < 1.29 is 27.7 Å². The van der Waals surface area contributed by atoms with Crippen LogP contribution in [0, 0.1) is 38.5 Å². The van der Waals surface area contributed by atoms with Gasteiger partial charge in [-0.2, -0.15) is 0 Å². The largest absolute Gasteiger partial charge is 0.495 e. The van der Waals surface area contributed by atoms with Crippen LogP contribution in [0.3, 0.4) is 0 Å². The number of aryl methyl sites for hydroxylation is 6. The molecule has 10 heteroatoms. The lowest BCUT2D eigenvalue weighted by Gasteiger charge is -2.43.